The molecule has 1 fully saturated rings. The maximum absolute atomic E-state index is 13.0. The van der Waals surface area contributed by atoms with Crippen LogP contribution >= 0.6 is 11.6 Å². The number of hydrazone groups is 1. The van der Waals surface area contributed by atoms with Gasteiger partial charge in [0.15, 0.2) is 5.54 Å². The van der Waals surface area contributed by atoms with E-state index >= 15 is 0 Å². The third kappa shape index (κ3) is 2.58. The van der Waals surface area contributed by atoms with Crippen LogP contribution in [0.2, 0.25) is 5.02 Å². The smallest absolute Gasteiger partial charge is 0.354 e. The number of esters is 1. The maximum atomic E-state index is 13.0. The minimum absolute atomic E-state index is 0.0724. The van der Waals surface area contributed by atoms with Gasteiger partial charge in [0, 0.05) is 18.4 Å². The number of hydrogen-bond acceptors (Lipinski definition) is 6. The van der Waals surface area contributed by atoms with Crippen molar-refractivity contribution in [2.24, 2.45) is 5.10 Å². The Morgan fingerprint density at radius 1 is 1.20 bits per heavy atom. The summed E-state index contributed by atoms with van der Waals surface area (Å²) in [6.45, 7) is 1.22. The quantitative estimate of drug-likeness (QED) is 0.579. The standard InChI is InChI=1S/C16H14ClN3O5/c1-9(21)20-16(7-12(18-20)14(23)25-2)8-13(22)19(15(16)24)11-5-3-10(17)4-6-11/h3-6H,7-8H2,1-2H3/t16-/m0/s1. The average Bonchev–Trinajstić information content (AvgIpc) is 3.07. The monoisotopic (exact) mass is 363 g/mol. The lowest BCUT2D eigenvalue weighted by Crippen LogP contribution is -2.51. The summed E-state index contributed by atoms with van der Waals surface area (Å²) in [5, 5.41) is 5.30. The topological polar surface area (TPSA) is 96.3 Å². The van der Waals surface area contributed by atoms with E-state index in [9.17, 15) is 19.2 Å². The van der Waals surface area contributed by atoms with Crippen molar-refractivity contribution in [3.8, 4) is 0 Å². The minimum atomic E-state index is -1.54. The van der Waals surface area contributed by atoms with Gasteiger partial charge in [0.1, 0.15) is 5.71 Å². The number of nitrogens with zero attached hydrogens (tertiary/aromatic N) is 3. The predicted molar refractivity (Wildman–Crippen MR) is 87.9 cm³/mol. The molecule has 25 heavy (non-hydrogen) atoms. The zero-order valence-electron chi connectivity index (χ0n) is 13.5. The fourth-order valence-electron chi connectivity index (χ4n) is 3.09. The van der Waals surface area contributed by atoms with E-state index in [0.29, 0.717) is 10.7 Å². The third-order valence-electron chi connectivity index (χ3n) is 4.18. The second kappa shape index (κ2) is 5.96. The maximum Gasteiger partial charge on any atom is 0.354 e. The van der Waals surface area contributed by atoms with E-state index in [1.807, 2.05) is 0 Å². The van der Waals surface area contributed by atoms with Crippen LogP contribution < -0.4 is 4.90 Å². The summed E-state index contributed by atoms with van der Waals surface area (Å²) in [4.78, 5) is 50.3. The predicted octanol–water partition coefficient (Wildman–Crippen LogP) is 1.12. The van der Waals surface area contributed by atoms with Crippen LogP contribution in [-0.4, -0.2) is 47.1 Å². The molecule has 8 nitrogen and oxygen atoms in total. The fourth-order valence-corrected chi connectivity index (χ4v) is 3.21. The Hall–Kier alpha value is -2.74. The molecule has 0 bridgehead atoms. The zero-order chi connectivity index (χ0) is 18.4. The van der Waals surface area contributed by atoms with Gasteiger partial charge >= 0.3 is 5.97 Å². The number of imide groups is 1. The SMILES string of the molecule is COC(=O)C1=NN(C(C)=O)[C@]2(CC(=O)N(c3ccc(Cl)cc3)C2=O)C1. The number of carbonyl (C=O) groups excluding carboxylic acids is 4. The number of benzene rings is 1. The van der Waals surface area contributed by atoms with Crippen molar-refractivity contribution in [2.75, 3.05) is 12.0 Å². The molecule has 1 aromatic rings. The van der Waals surface area contributed by atoms with Crippen LogP contribution in [0.4, 0.5) is 5.69 Å². The molecule has 130 valence electrons. The molecule has 0 saturated carbocycles. The van der Waals surface area contributed by atoms with Crippen molar-refractivity contribution in [3.05, 3.63) is 29.3 Å². The van der Waals surface area contributed by atoms with E-state index in [1.54, 1.807) is 12.1 Å². The molecule has 1 spiro atoms. The molecule has 3 rings (SSSR count). The number of ether oxygens (including phenoxy) is 1. The van der Waals surface area contributed by atoms with Crippen LogP contribution in [0.3, 0.4) is 0 Å². The van der Waals surface area contributed by atoms with Crippen molar-refractivity contribution in [3.63, 3.8) is 0 Å². The molecular weight excluding hydrogens is 350 g/mol. The van der Waals surface area contributed by atoms with Gasteiger partial charge in [-0.05, 0) is 24.3 Å². The summed E-state index contributed by atoms with van der Waals surface area (Å²) >= 11 is 5.84. The van der Waals surface area contributed by atoms with E-state index in [1.165, 1.54) is 26.2 Å². The van der Waals surface area contributed by atoms with Crippen LogP contribution in [0.5, 0.6) is 0 Å². The third-order valence-corrected chi connectivity index (χ3v) is 4.44. The normalized spacial score (nSPS) is 22.6. The molecule has 0 aromatic heterocycles. The summed E-state index contributed by atoms with van der Waals surface area (Å²) in [5.41, 5.74) is -1.27. The van der Waals surface area contributed by atoms with Gasteiger partial charge in [0.05, 0.1) is 19.2 Å². The van der Waals surface area contributed by atoms with Crippen molar-refractivity contribution >= 4 is 46.7 Å². The van der Waals surface area contributed by atoms with E-state index in [0.717, 1.165) is 9.91 Å². The molecule has 2 heterocycles. The molecule has 0 radical (unpaired) electrons. The second-order valence-corrected chi connectivity index (χ2v) is 6.20. The molecule has 1 atom stereocenters. The molecule has 3 amide bonds. The molecule has 1 saturated heterocycles. The molecule has 2 aliphatic heterocycles. The van der Waals surface area contributed by atoms with Crippen molar-refractivity contribution in [1.82, 2.24) is 5.01 Å². The highest BCUT2D eigenvalue weighted by Crippen LogP contribution is 2.40. The van der Waals surface area contributed by atoms with Crippen LogP contribution in [0.1, 0.15) is 19.8 Å². The van der Waals surface area contributed by atoms with Crippen molar-refractivity contribution in [2.45, 2.75) is 25.3 Å². The van der Waals surface area contributed by atoms with Gasteiger partial charge in [-0.25, -0.2) is 14.7 Å². The molecule has 0 N–H and O–H groups in total. The molecule has 2 aliphatic rings. The summed E-state index contributed by atoms with van der Waals surface area (Å²) < 4.78 is 4.62. The molecule has 0 unspecified atom stereocenters. The van der Waals surface area contributed by atoms with Gasteiger partial charge in [0.25, 0.3) is 5.91 Å². The Labute approximate surface area is 148 Å². The Kier molecular flexibility index (Phi) is 4.08. The van der Waals surface area contributed by atoms with Gasteiger partial charge in [-0.1, -0.05) is 11.6 Å². The highest BCUT2D eigenvalue weighted by molar-refractivity contribution is 6.39. The van der Waals surface area contributed by atoms with E-state index in [4.69, 9.17) is 11.6 Å². The number of halogens is 1. The largest absolute Gasteiger partial charge is 0.464 e. The minimum Gasteiger partial charge on any atom is -0.464 e. The lowest BCUT2D eigenvalue weighted by Gasteiger charge is -2.28. The Morgan fingerprint density at radius 2 is 1.84 bits per heavy atom. The Bertz CT molecular complexity index is 820. The fraction of sp³-hybridized carbons (Fsp3) is 0.312. The summed E-state index contributed by atoms with van der Waals surface area (Å²) in [6, 6.07) is 6.17. The first-order valence-electron chi connectivity index (χ1n) is 7.40. The van der Waals surface area contributed by atoms with Crippen LogP contribution in [0.25, 0.3) is 0 Å². The first-order valence-corrected chi connectivity index (χ1v) is 7.77. The van der Waals surface area contributed by atoms with Gasteiger partial charge < -0.3 is 4.74 Å². The van der Waals surface area contributed by atoms with Gasteiger partial charge in [0.2, 0.25) is 11.8 Å². The zero-order valence-corrected chi connectivity index (χ0v) is 14.2. The molecular formula is C16H14ClN3O5. The number of carbonyl (C=O) groups is 4. The number of anilines is 1. The summed E-state index contributed by atoms with van der Waals surface area (Å²) in [5.74, 6) is -2.39. The Balaban J connectivity index is 2.01. The number of hydrogen-bond donors (Lipinski definition) is 0. The molecule has 9 heteroatoms. The molecule has 0 aliphatic carbocycles. The van der Waals surface area contributed by atoms with E-state index < -0.39 is 29.2 Å². The number of amides is 3. The lowest BCUT2D eigenvalue weighted by atomic mass is 9.91. The van der Waals surface area contributed by atoms with Gasteiger partial charge in [-0.2, -0.15) is 5.10 Å². The van der Waals surface area contributed by atoms with E-state index in [2.05, 4.69) is 9.84 Å². The van der Waals surface area contributed by atoms with E-state index in [-0.39, 0.29) is 18.6 Å². The highest BCUT2D eigenvalue weighted by Gasteiger charge is 2.61. The Morgan fingerprint density at radius 3 is 2.40 bits per heavy atom. The first kappa shape index (κ1) is 17.1. The van der Waals surface area contributed by atoms with Crippen LogP contribution in [0, 0.1) is 0 Å². The number of rotatable bonds is 2. The van der Waals surface area contributed by atoms with Gasteiger partial charge in [-0.15, -0.1) is 0 Å². The van der Waals surface area contributed by atoms with Crippen molar-refractivity contribution in [1.29, 1.82) is 0 Å². The van der Waals surface area contributed by atoms with Crippen molar-refractivity contribution < 1.29 is 23.9 Å². The van der Waals surface area contributed by atoms with Crippen LogP contribution in [-0.2, 0) is 23.9 Å². The lowest BCUT2D eigenvalue weighted by molar-refractivity contribution is -0.141. The first-order chi connectivity index (χ1) is 11.8. The summed E-state index contributed by atoms with van der Waals surface area (Å²) in [7, 11) is 1.18. The highest BCUT2D eigenvalue weighted by atomic mass is 35.5. The second-order valence-electron chi connectivity index (χ2n) is 5.76. The summed E-state index contributed by atoms with van der Waals surface area (Å²) in [6.07, 6.45) is -0.439. The molecule has 1 aromatic carbocycles. The van der Waals surface area contributed by atoms with Crippen LogP contribution in [0.15, 0.2) is 29.4 Å². The average molecular weight is 364 g/mol. The van der Waals surface area contributed by atoms with Gasteiger partial charge in [-0.3, -0.25) is 14.4 Å². The number of methoxy groups -OCH3 is 1.